The molecule has 0 bridgehead atoms. The number of amides is 3. The van der Waals surface area contributed by atoms with E-state index < -0.39 is 12.0 Å². The van der Waals surface area contributed by atoms with E-state index in [-0.39, 0.29) is 83.2 Å². The maximum atomic E-state index is 11.7. The summed E-state index contributed by atoms with van der Waals surface area (Å²) in [6.45, 7) is 3.23. The molecule has 0 rings (SSSR count). The fourth-order valence-corrected chi connectivity index (χ4v) is 2.05. The third kappa shape index (κ3) is 16.7. The Morgan fingerprint density at radius 1 is 0.833 bits per heavy atom. The Kier molecular flexibility index (Phi) is 17.3. The minimum Gasteiger partial charge on any atom is -0.480 e. The van der Waals surface area contributed by atoms with E-state index >= 15 is 0 Å². The van der Waals surface area contributed by atoms with E-state index in [0.717, 1.165) is 0 Å². The van der Waals surface area contributed by atoms with Gasteiger partial charge in [-0.2, -0.15) is 0 Å². The van der Waals surface area contributed by atoms with Crippen LogP contribution in [-0.4, -0.2) is 99.3 Å². The molecule has 0 aromatic carbocycles. The van der Waals surface area contributed by atoms with Crippen LogP contribution in [-0.2, 0) is 33.4 Å². The number of carboxylic acid groups (broad SMARTS) is 1. The van der Waals surface area contributed by atoms with E-state index in [4.69, 9.17) is 24.4 Å². The van der Waals surface area contributed by atoms with Gasteiger partial charge in [0, 0.05) is 25.9 Å². The Hall–Kier alpha value is -2.28. The fourth-order valence-electron chi connectivity index (χ4n) is 2.05. The summed E-state index contributed by atoms with van der Waals surface area (Å²) in [5.41, 5.74) is 0. The summed E-state index contributed by atoms with van der Waals surface area (Å²) in [7, 11) is 0. The Balaban J connectivity index is 3.61. The molecular weight excluding hydrogens is 402 g/mol. The van der Waals surface area contributed by atoms with Crippen LogP contribution in [0.2, 0.25) is 0 Å². The summed E-state index contributed by atoms with van der Waals surface area (Å²) in [6, 6.07) is -1.10. The van der Waals surface area contributed by atoms with Crippen molar-refractivity contribution in [2.24, 2.45) is 0 Å². The van der Waals surface area contributed by atoms with Crippen molar-refractivity contribution >= 4 is 23.7 Å². The van der Waals surface area contributed by atoms with E-state index in [1.54, 1.807) is 6.92 Å². The van der Waals surface area contributed by atoms with E-state index in [1.165, 1.54) is 0 Å². The number of aliphatic hydroxyl groups excluding tert-OH is 1. The lowest BCUT2D eigenvalue weighted by molar-refractivity contribution is -0.142. The maximum Gasteiger partial charge on any atom is 0.326 e. The molecule has 0 spiro atoms. The van der Waals surface area contributed by atoms with Gasteiger partial charge in [0.2, 0.25) is 17.7 Å². The second kappa shape index (κ2) is 18.7. The summed E-state index contributed by atoms with van der Waals surface area (Å²) in [6.07, 6.45) is 0.129. The number of nitrogens with one attached hydrogen (secondary N) is 3. The van der Waals surface area contributed by atoms with Gasteiger partial charge in [0.25, 0.3) is 0 Å². The molecule has 0 saturated heterocycles. The molecule has 0 saturated carbocycles. The first-order valence-corrected chi connectivity index (χ1v) is 9.80. The molecule has 0 aliphatic carbocycles. The Morgan fingerprint density at radius 2 is 1.43 bits per heavy atom. The molecule has 0 fully saturated rings. The first-order valence-electron chi connectivity index (χ1n) is 9.80. The summed E-state index contributed by atoms with van der Waals surface area (Å²) in [5, 5.41) is 25.1. The maximum absolute atomic E-state index is 11.7. The van der Waals surface area contributed by atoms with Crippen molar-refractivity contribution in [3.8, 4) is 0 Å². The number of aliphatic hydroxyl groups is 1. The lowest BCUT2D eigenvalue weighted by Gasteiger charge is -2.13. The summed E-state index contributed by atoms with van der Waals surface area (Å²) < 4.78 is 15.4. The number of hydrogen-bond acceptors (Lipinski definition) is 8. The van der Waals surface area contributed by atoms with Gasteiger partial charge < -0.3 is 40.4 Å². The Morgan fingerprint density at radius 3 is 2.03 bits per heavy atom. The lowest BCUT2D eigenvalue weighted by Crippen LogP contribution is -2.41. The highest BCUT2D eigenvalue weighted by atomic mass is 16.5. The summed E-state index contributed by atoms with van der Waals surface area (Å²) in [5.74, 6) is -2.20. The molecule has 0 aromatic heterocycles. The van der Waals surface area contributed by atoms with Crippen LogP contribution in [0.3, 0.4) is 0 Å². The van der Waals surface area contributed by atoms with E-state index in [1.807, 2.05) is 0 Å². The molecule has 0 radical (unpaired) electrons. The normalized spacial score (nSPS) is 11.5. The number of ether oxygens (including phenoxy) is 3. The Labute approximate surface area is 175 Å². The van der Waals surface area contributed by atoms with Crippen LogP contribution in [0.15, 0.2) is 0 Å². The van der Waals surface area contributed by atoms with Crippen molar-refractivity contribution in [2.45, 2.75) is 32.2 Å². The number of hydrogen-bond donors (Lipinski definition) is 5. The van der Waals surface area contributed by atoms with Crippen molar-refractivity contribution in [1.29, 1.82) is 0 Å². The van der Waals surface area contributed by atoms with Crippen molar-refractivity contribution in [3.63, 3.8) is 0 Å². The molecule has 0 aliphatic heterocycles. The molecule has 0 aromatic rings. The van der Waals surface area contributed by atoms with Gasteiger partial charge in [-0.1, -0.05) is 6.92 Å². The molecule has 30 heavy (non-hydrogen) atoms. The van der Waals surface area contributed by atoms with Gasteiger partial charge in [-0.3, -0.25) is 14.4 Å². The minimum absolute atomic E-state index is 0.00275. The first kappa shape index (κ1) is 27.7. The van der Waals surface area contributed by atoms with Crippen LogP contribution in [0, 0.1) is 0 Å². The van der Waals surface area contributed by atoms with Gasteiger partial charge >= 0.3 is 5.97 Å². The Bertz CT molecular complexity index is 517. The van der Waals surface area contributed by atoms with Crippen molar-refractivity contribution in [3.05, 3.63) is 0 Å². The van der Waals surface area contributed by atoms with Gasteiger partial charge in [0.15, 0.2) is 0 Å². The van der Waals surface area contributed by atoms with Crippen molar-refractivity contribution in [2.75, 3.05) is 59.3 Å². The first-order chi connectivity index (χ1) is 14.4. The number of aliphatic carboxylic acids is 1. The van der Waals surface area contributed by atoms with Crippen LogP contribution in [0.1, 0.15) is 26.2 Å². The smallest absolute Gasteiger partial charge is 0.326 e. The molecule has 1 atom stereocenters. The fraction of sp³-hybridized carbons (Fsp3) is 0.778. The monoisotopic (exact) mass is 435 g/mol. The summed E-state index contributed by atoms with van der Waals surface area (Å²) >= 11 is 0. The highest BCUT2D eigenvalue weighted by Crippen LogP contribution is 1.99. The molecule has 3 amide bonds. The zero-order chi connectivity index (χ0) is 22.6. The van der Waals surface area contributed by atoms with Gasteiger partial charge in [-0.15, -0.1) is 0 Å². The standard InChI is InChI=1S/C18H33N3O9/c1-2-15(23)21-14(18(26)27)3-4-16(24)19-5-9-29-11-12-30-13-17(25)20-6-8-28-10-7-22/h14,22H,2-13H2,1H3,(H,19,24)(H,20,25)(H,21,23)(H,26,27). The molecule has 12 nitrogen and oxygen atoms in total. The SMILES string of the molecule is CCC(=O)NC(CCC(=O)NCCOCCOCC(=O)NCCOCCO)C(=O)O. The average molecular weight is 435 g/mol. The quantitative estimate of drug-likeness (QED) is 0.144. The second-order valence-corrected chi connectivity index (χ2v) is 6.05. The van der Waals surface area contributed by atoms with E-state index in [9.17, 15) is 19.2 Å². The van der Waals surface area contributed by atoms with Crippen LogP contribution in [0.5, 0.6) is 0 Å². The van der Waals surface area contributed by atoms with Crippen molar-refractivity contribution in [1.82, 2.24) is 16.0 Å². The number of carboxylic acids is 1. The molecule has 5 N–H and O–H groups in total. The molecule has 1 unspecified atom stereocenters. The largest absolute Gasteiger partial charge is 0.480 e. The molecule has 174 valence electrons. The highest BCUT2D eigenvalue weighted by Gasteiger charge is 2.20. The third-order valence-corrected chi connectivity index (χ3v) is 3.59. The average Bonchev–Trinajstić information content (AvgIpc) is 2.72. The highest BCUT2D eigenvalue weighted by molar-refractivity contribution is 5.84. The predicted octanol–water partition coefficient (Wildman–Crippen LogP) is -1.98. The van der Waals surface area contributed by atoms with Crippen LogP contribution >= 0.6 is 0 Å². The van der Waals surface area contributed by atoms with Crippen LogP contribution in [0.25, 0.3) is 0 Å². The van der Waals surface area contributed by atoms with Crippen LogP contribution in [0.4, 0.5) is 0 Å². The molecule has 0 aliphatic rings. The minimum atomic E-state index is -1.18. The predicted molar refractivity (Wildman–Crippen MR) is 105 cm³/mol. The number of carbonyl (C=O) groups is 4. The molecule has 12 heteroatoms. The summed E-state index contributed by atoms with van der Waals surface area (Å²) in [4.78, 5) is 45.5. The van der Waals surface area contributed by atoms with Gasteiger partial charge in [-0.25, -0.2) is 4.79 Å². The van der Waals surface area contributed by atoms with Gasteiger partial charge in [0.05, 0.1) is 39.6 Å². The lowest BCUT2D eigenvalue weighted by atomic mass is 10.1. The topological polar surface area (TPSA) is 173 Å². The van der Waals surface area contributed by atoms with E-state index in [0.29, 0.717) is 13.2 Å². The molecule has 0 heterocycles. The third-order valence-electron chi connectivity index (χ3n) is 3.59. The zero-order valence-corrected chi connectivity index (χ0v) is 17.3. The number of carbonyl (C=O) groups excluding carboxylic acids is 3. The van der Waals surface area contributed by atoms with Crippen LogP contribution < -0.4 is 16.0 Å². The van der Waals surface area contributed by atoms with E-state index in [2.05, 4.69) is 16.0 Å². The number of rotatable bonds is 19. The van der Waals surface area contributed by atoms with Crippen molar-refractivity contribution < 1.29 is 43.6 Å². The van der Waals surface area contributed by atoms with Gasteiger partial charge in [0.1, 0.15) is 12.6 Å². The van der Waals surface area contributed by atoms with Gasteiger partial charge in [-0.05, 0) is 6.42 Å². The second-order valence-electron chi connectivity index (χ2n) is 6.05. The molecular formula is C18H33N3O9. The zero-order valence-electron chi connectivity index (χ0n) is 17.3.